The van der Waals surface area contributed by atoms with Gasteiger partial charge in [-0.05, 0) is 31.7 Å². The first-order valence-corrected chi connectivity index (χ1v) is 9.04. The Labute approximate surface area is 133 Å². The monoisotopic (exact) mass is 307 g/mol. The Kier molecular flexibility index (Phi) is 5.34. The zero-order valence-corrected chi connectivity index (χ0v) is 13.6. The van der Waals surface area contributed by atoms with Crippen LogP contribution in [0, 0.1) is 5.92 Å². The normalized spacial score (nSPS) is 26.6. The first-order chi connectivity index (χ1) is 10.7. The predicted octanol–water partition coefficient (Wildman–Crippen LogP) is 1.38. The molecule has 1 aliphatic carbocycles. The number of nitrogens with zero attached hydrogens (tertiary/aromatic N) is 2. The summed E-state index contributed by atoms with van der Waals surface area (Å²) in [7, 11) is 0. The minimum atomic E-state index is 0.0182. The van der Waals surface area contributed by atoms with Crippen LogP contribution in [0.25, 0.3) is 0 Å². The van der Waals surface area contributed by atoms with Crippen LogP contribution in [0.1, 0.15) is 51.4 Å². The minimum Gasteiger partial charge on any atom is -0.339 e. The Morgan fingerprint density at radius 1 is 0.909 bits per heavy atom. The van der Waals surface area contributed by atoms with E-state index < -0.39 is 0 Å². The van der Waals surface area contributed by atoms with Gasteiger partial charge in [0, 0.05) is 32.6 Å². The Morgan fingerprint density at radius 3 is 2.23 bits per heavy atom. The molecule has 0 aromatic heterocycles. The highest BCUT2D eigenvalue weighted by Gasteiger charge is 2.30. The predicted molar refractivity (Wildman–Crippen MR) is 85.4 cm³/mol. The quantitative estimate of drug-likeness (QED) is 0.854. The zero-order valence-electron chi connectivity index (χ0n) is 13.6. The summed E-state index contributed by atoms with van der Waals surface area (Å²) in [5.41, 5.74) is 0. The molecule has 1 saturated carbocycles. The van der Waals surface area contributed by atoms with Crippen LogP contribution in [-0.4, -0.2) is 60.4 Å². The topological polar surface area (TPSA) is 52.7 Å². The van der Waals surface area contributed by atoms with E-state index in [4.69, 9.17) is 0 Å². The molecule has 5 heteroatoms. The third-order valence-corrected chi connectivity index (χ3v) is 5.54. The van der Waals surface area contributed by atoms with Gasteiger partial charge in [-0.1, -0.05) is 25.7 Å². The van der Waals surface area contributed by atoms with Gasteiger partial charge in [-0.3, -0.25) is 9.59 Å². The summed E-state index contributed by atoms with van der Waals surface area (Å²) in [4.78, 5) is 28.5. The molecular formula is C17H29N3O2. The lowest BCUT2D eigenvalue weighted by atomic mass is 10.0. The minimum absolute atomic E-state index is 0.0182. The molecule has 3 rings (SSSR count). The molecule has 1 atom stereocenters. The number of hydrogen-bond acceptors (Lipinski definition) is 3. The first-order valence-electron chi connectivity index (χ1n) is 9.04. The second-order valence-corrected chi connectivity index (χ2v) is 7.04. The number of piperazine rings is 1. The fourth-order valence-electron chi connectivity index (χ4n) is 4.08. The van der Waals surface area contributed by atoms with Crippen molar-refractivity contribution in [3.05, 3.63) is 0 Å². The van der Waals surface area contributed by atoms with Gasteiger partial charge >= 0.3 is 0 Å². The van der Waals surface area contributed by atoms with E-state index in [0.29, 0.717) is 32.6 Å². The fourth-order valence-corrected chi connectivity index (χ4v) is 4.08. The van der Waals surface area contributed by atoms with Gasteiger partial charge in [0.05, 0.1) is 6.04 Å². The Hall–Kier alpha value is -1.10. The Balaban J connectivity index is 1.38. The van der Waals surface area contributed by atoms with Gasteiger partial charge in [0.1, 0.15) is 0 Å². The van der Waals surface area contributed by atoms with Gasteiger partial charge in [-0.25, -0.2) is 0 Å². The molecule has 5 nitrogen and oxygen atoms in total. The molecule has 2 heterocycles. The number of carbonyl (C=O) groups is 2. The van der Waals surface area contributed by atoms with Crippen molar-refractivity contribution in [3.8, 4) is 0 Å². The Bertz CT molecular complexity index is 393. The molecule has 1 unspecified atom stereocenters. The molecule has 1 N–H and O–H groups in total. The van der Waals surface area contributed by atoms with E-state index in [2.05, 4.69) is 5.32 Å². The van der Waals surface area contributed by atoms with Crippen molar-refractivity contribution in [2.24, 2.45) is 5.92 Å². The van der Waals surface area contributed by atoms with Crippen LogP contribution >= 0.6 is 0 Å². The van der Waals surface area contributed by atoms with E-state index in [1.165, 1.54) is 25.7 Å². The fraction of sp³-hybridized carbons (Fsp3) is 0.882. The van der Waals surface area contributed by atoms with Gasteiger partial charge in [0.25, 0.3) is 0 Å². The number of carbonyl (C=O) groups excluding carboxylic acids is 2. The molecule has 3 fully saturated rings. The standard InChI is InChI=1S/C17H29N3O2/c21-16(8-7-14-4-1-2-5-14)19-10-12-20(13-11-19)17(22)15-6-3-9-18-15/h14-15,18H,1-13H2. The van der Waals surface area contributed by atoms with E-state index >= 15 is 0 Å². The largest absolute Gasteiger partial charge is 0.339 e. The zero-order chi connectivity index (χ0) is 15.4. The Morgan fingerprint density at radius 2 is 1.59 bits per heavy atom. The maximum atomic E-state index is 12.3. The van der Waals surface area contributed by atoms with Gasteiger partial charge < -0.3 is 15.1 Å². The number of rotatable bonds is 4. The van der Waals surface area contributed by atoms with Gasteiger partial charge in [0.2, 0.25) is 11.8 Å². The van der Waals surface area contributed by atoms with Gasteiger partial charge in [0.15, 0.2) is 0 Å². The van der Waals surface area contributed by atoms with Crippen LogP contribution < -0.4 is 5.32 Å². The third-order valence-electron chi connectivity index (χ3n) is 5.54. The van der Waals surface area contributed by atoms with E-state index in [1.54, 1.807) is 0 Å². The molecule has 22 heavy (non-hydrogen) atoms. The second kappa shape index (κ2) is 7.44. The lowest BCUT2D eigenvalue weighted by Gasteiger charge is -2.36. The SMILES string of the molecule is O=C(CCC1CCCC1)N1CCN(C(=O)C2CCCN2)CC1. The summed E-state index contributed by atoms with van der Waals surface area (Å²) in [6.45, 7) is 3.78. The van der Waals surface area contributed by atoms with E-state index in [1.807, 2.05) is 9.80 Å². The molecule has 3 aliphatic rings. The maximum Gasteiger partial charge on any atom is 0.239 e. The highest BCUT2D eigenvalue weighted by molar-refractivity contribution is 5.83. The van der Waals surface area contributed by atoms with E-state index in [9.17, 15) is 9.59 Å². The van der Waals surface area contributed by atoms with Crippen molar-refractivity contribution in [2.75, 3.05) is 32.7 Å². The van der Waals surface area contributed by atoms with Crippen molar-refractivity contribution >= 4 is 11.8 Å². The molecule has 0 aromatic rings. The lowest BCUT2D eigenvalue weighted by Crippen LogP contribution is -2.54. The van der Waals surface area contributed by atoms with Crippen LogP contribution in [0.5, 0.6) is 0 Å². The van der Waals surface area contributed by atoms with Crippen LogP contribution in [-0.2, 0) is 9.59 Å². The molecule has 2 amide bonds. The summed E-state index contributed by atoms with van der Waals surface area (Å²) >= 11 is 0. The third kappa shape index (κ3) is 3.80. The smallest absolute Gasteiger partial charge is 0.239 e. The van der Waals surface area contributed by atoms with Gasteiger partial charge in [-0.15, -0.1) is 0 Å². The average molecular weight is 307 g/mol. The number of hydrogen-bond donors (Lipinski definition) is 1. The molecule has 0 radical (unpaired) electrons. The van der Waals surface area contributed by atoms with Crippen LogP contribution in [0.4, 0.5) is 0 Å². The average Bonchev–Trinajstić information content (AvgIpc) is 3.25. The highest BCUT2D eigenvalue weighted by atomic mass is 16.2. The summed E-state index contributed by atoms with van der Waals surface area (Å²) in [5.74, 6) is 1.30. The summed E-state index contributed by atoms with van der Waals surface area (Å²) < 4.78 is 0. The van der Waals surface area contributed by atoms with Crippen molar-refractivity contribution in [1.82, 2.24) is 15.1 Å². The first kappa shape index (κ1) is 15.8. The summed E-state index contributed by atoms with van der Waals surface area (Å²) in [6, 6.07) is 0.0182. The van der Waals surface area contributed by atoms with E-state index in [0.717, 1.165) is 31.7 Å². The summed E-state index contributed by atoms with van der Waals surface area (Å²) in [6.07, 6.45) is 9.11. The highest BCUT2D eigenvalue weighted by Crippen LogP contribution is 2.28. The molecule has 124 valence electrons. The molecule has 0 bridgehead atoms. The second-order valence-electron chi connectivity index (χ2n) is 7.04. The molecule has 2 saturated heterocycles. The molecule has 0 aromatic carbocycles. The molecule has 0 spiro atoms. The van der Waals surface area contributed by atoms with Crippen LogP contribution in [0.2, 0.25) is 0 Å². The molecule has 2 aliphatic heterocycles. The number of amides is 2. The van der Waals surface area contributed by atoms with E-state index in [-0.39, 0.29) is 17.9 Å². The lowest BCUT2D eigenvalue weighted by molar-refractivity contribution is -0.140. The number of nitrogens with one attached hydrogen (secondary N) is 1. The van der Waals surface area contributed by atoms with Crippen LogP contribution in [0.3, 0.4) is 0 Å². The van der Waals surface area contributed by atoms with Crippen molar-refractivity contribution in [1.29, 1.82) is 0 Å². The molecular weight excluding hydrogens is 278 g/mol. The maximum absolute atomic E-state index is 12.3. The van der Waals surface area contributed by atoms with Gasteiger partial charge in [-0.2, -0.15) is 0 Å². The van der Waals surface area contributed by atoms with Crippen molar-refractivity contribution < 1.29 is 9.59 Å². The summed E-state index contributed by atoms with van der Waals surface area (Å²) in [5, 5.41) is 3.27. The van der Waals surface area contributed by atoms with Crippen LogP contribution in [0.15, 0.2) is 0 Å². The van der Waals surface area contributed by atoms with Crippen molar-refractivity contribution in [3.63, 3.8) is 0 Å². The van der Waals surface area contributed by atoms with Crippen molar-refractivity contribution in [2.45, 2.75) is 57.4 Å².